The first-order chi connectivity index (χ1) is 8.97. The second-order valence-electron chi connectivity index (χ2n) is 4.14. The number of carbonyl (C=O) groups excluding carboxylic acids is 1. The molecule has 19 heavy (non-hydrogen) atoms. The normalized spacial score (nSPS) is 10.3. The molecule has 0 unspecified atom stereocenters. The highest BCUT2D eigenvalue weighted by Gasteiger charge is 2.12. The van der Waals surface area contributed by atoms with Gasteiger partial charge in [-0.1, -0.05) is 17.7 Å². The number of hydrogen-bond donors (Lipinski definition) is 2. The molecule has 0 saturated heterocycles. The van der Waals surface area contributed by atoms with Crippen molar-refractivity contribution in [3.63, 3.8) is 0 Å². The van der Waals surface area contributed by atoms with Gasteiger partial charge in [0.15, 0.2) is 0 Å². The van der Waals surface area contributed by atoms with Crippen LogP contribution in [0, 0.1) is 12.7 Å². The smallest absolute Gasteiger partial charge is 0.257 e. The Morgan fingerprint density at radius 2 is 2.00 bits per heavy atom. The summed E-state index contributed by atoms with van der Waals surface area (Å²) in [7, 11) is 0. The van der Waals surface area contributed by atoms with Crippen molar-refractivity contribution in [3.8, 4) is 0 Å². The number of nitrogen functional groups attached to an aromatic ring is 1. The van der Waals surface area contributed by atoms with Crippen LogP contribution in [0.1, 0.15) is 15.9 Å². The minimum Gasteiger partial charge on any atom is -0.398 e. The summed E-state index contributed by atoms with van der Waals surface area (Å²) < 4.78 is 13.1. The van der Waals surface area contributed by atoms with E-state index in [-0.39, 0.29) is 11.3 Å². The highest BCUT2D eigenvalue weighted by molar-refractivity contribution is 6.31. The summed E-state index contributed by atoms with van der Waals surface area (Å²) in [5.41, 5.74) is 7.40. The van der Waals surface area contributed by atoms with E-state index < -0.39 is 11.7 Å². The Bertz CT molecular complexity index is 643. The standard InChI is InChI=1S/C14H12ClFN2O/c1-8-2-3-9(15)6-13(8)18-14(19)11-7-10(16)4-5-12(11)17/h2-7H,17H2,1H3,(H,18,19). The van der Waals surface area contributed by atoms with Gasteiger partial charge in [0, 0.05) is 16.4 Å². The molecule has 0 saturated carbocycles. The molecule has 2 aromatic rings. The summed E-state index contributed by atoms with van der Waals surface area (Å²) >= 11 is 5.87. The van der Waals surface area contributed by atoms with Crippen molar-refractivity contribution in [2.24, 2.45) is 0 Å². The van der Waals surface area contributed by atoms with Crippen LogP contribution in [0.5, 0.6) is 0 Å². The van der Waals surface area contributed by atoms with Crippen molar-refractivity contribution in [1.82, 2.24) is 0 Å². The van der Waals surface area contributed by atoms with Gasteiger partial charge in [-0.25, -0.2) is 4.39 Å². The maximum atomic E-state index is 13.1. The molecule has 5 heteroatoms. The number of nitrogens with one attached hydrogen (secondary N) is 1. The van der Waals surface area contributed by atoms with E-state index in [2.05, 4.69) is 5.32 Å². The van der Waals surface area contributed by atoms with E-state index >= 15 is 0 Å². The highest BCUT2D eigenvalue weighted by atomic mass is 35.5. The molecule has 2 aromatic carbocycles. The number of benzene rings is 2. The third-order valence-electron chi connectivity index (χ3n) is 2.71. The van der Waals surface area contributed by atoms with Crippen LogP contribution >= 0.6 is 11.6 Å². The predicted molar refractivity (Wildman–Crippen MR) is 75.0 cm³/mol. The number of carbonyl (C=O) groups is 1. The summed E-state index contributed by atoms with van der Waals surface area (Å²) in [5, 5.41) is 3.17. The van der Waals surface area contributed by atoms with Crippen LogP contribution in [-0.4, -0.2) is 5.91 Å². The molecule has 3 N–H and O–H groups in total. The van der Waals surface area contributed by atoms with Gasteiger partial charge in [-0.3, -0.25) is 4.79 Å². The number of nitrogens with two attached hydrogens (primary N) is 1. The Morgan fingerprint density at radius 3 is 2.74 bits per heavy atom. The maximum absolute atomic E-state index is 13.1. The lowest BCUT2D eigenvalue weighted by atomic mass is 10.1. The first-order valence-corrected chi connectivity index (χ1v) is 5.97. The van der Waals surface area contributed by atoms with Crippen molar-refractivity contribution in [3.05, 3.63) is 58.4 Å². The SMILES string of the molecule is Cc1ccc(Cl)cc1NC(=O)c1cc(F)ccc1N. The molecule has 2 rings (SSSR count). The Balaban J connectivity index is 2.30. The molecule has 0 heterocycles. The molecular weight excluding hydrogens is 267 g/mol. The van der Waals surface area contributed by atoms with E-state index in [1.165, 1.54) is 12.1 Å². The monoisotopic (exact) mass is 278 g/mol. The van der Waals surface area contributed by atoms with E-state index in [9.17, 15) is 9.18 Å². The van der Waals surface area contributed by atoms with Gasteiger partial charge in [-0.2, -0.15) is 0 Å². The average molecular weight is 279 g/mol. The Kier molecular flexibility index (Phi) is 3.71. The third-order valence-corrected chi connectivity index (χ3v) is 2.94. The molecular formula is C14H12ClFN2O. The second kappa shape index (κ2) is 5.28. The zero-order valence-electron chi connectivity index (χ0n) is 10.2. The predicted octanol–water partition coefficient (Wildman–Crippen LogP) is 3.62. The molecule has 0 aliphatic heterocycles. The Hall–Kier alpha value is -2.07. The van der Waals surface area contributed by atoms with Gasteiger partial charge in [0.25, 0.3) is 5.91 Å². The van der Waals surface area contributed by atoms with Crippen molar-refractivity contribution in [2.75, 3.05) is 11.1 Å². The third kappa shape index (κ3) is 3.03. The number of aryl methyl sites for hydroxylation is 1. The fraction of sp³-hybridized carbons (Fsp3) is 0.0714. The van der Waals surface area contributed by atoms with Gasteiger partial charge in [-0.05, 0) is 42.8 Å². The molecule has 0 spiro atoms. The van der Waals surface area contributed by atoms with Crippen molar-refractivity contribution in [1.29, 1.82) is 0 Å². The van der Waals surface area contributed by atoms with E-state index in [0.717, 1.165) is 11.6 Å². The van der Waals surface area contributed by atoms with E-state index in [1.54, 1.807) is 18.2 Å². The lowest BCUT2D eigenvalue weighted by Crippen LogP contribution is -2.15. The number of hydrogen-bond acceptors (Lipinski definition) is 2. The van der Waals surface area contributed by atoms with Crippen LogP contribution in [0.15, 0.2) is 36.4 Å². The summed E-state index contributed by atoms with van der Waals surface area (Å²) in [6.07, 6.45) is 0. The van der Waals surface area contributed by atoms with Crippen LogP contribution in [0.2, 0.25) is 5.02 Å². The van der Waals surface area contributed by atoms with Crippen LogP contribution in [-0.2, 0) is 0 Å². The van der Waals surface area contributed by atoms with E-state index in [4.69, 9.17) is 17.3 Å². The minimum atomic E-state index is -0.512. The summed E-state index contributed by atoms with van der Waals surface area (Å²) in [6.45, 7) is 1.83. The Morgan fingerprint density at radius 1 is 1.26 bits per heavy atom. The quantitative estimate of drug-likeness (QED) is 0.824. The van der Waals surface area contributed by atoms with E-state index in [1.807, 2.05) is 6.92 Å². The largest absolute Gasteiger partial charge is 0.398 e. The van der Waals surface area contributed by atoms with Gasteiger partial charge in [0.05, 0.1) is 5.56 Å². The van der Waals surface area contributed by atoms with Crippen LogP contribution < -0.4 is 11.1 Å². The number of anilines is 2. The highest BCUT2D eigenvalue weighted by Crippen LogP contribution is 2.22. The maximum Gasteiger partial charge on any atom is 0.257 e. The summed E-state index contributed by atoms with van der Waals surface area (Å²) in [5.74, 6) is -0.982. The van der Waals surface area contributed by atoms with Gasteiger partial charge in [0.1, 0.15) is 5.82 Å². The minimum absolute atomic E-state index is 0.0966. The number of amides is 1. The van der Waals surface area contributed by atoms with Gasteiger partial charge >= 0.3 is 0 Å². The van der Waals surface area contributed by atoms with Gasteiger partial charge < -0.3 is 11.1 Å². The lowest BCUT2D eigenvalue weighted by molar-refractivity contribution is 0.102. The fourth-order valence-electron chi connectivity index (χ4n) is 1.64. The fourth-order valence-corrected chi connectivity index (χ4v) is 1.82. The molecule has 1 amide bonds. The lowest BCUT2D eigenvalue weighted by Gasteiger charge is -2.10. The molecule has 98 valence electrons. The molecule has 0 atom stereocenters. The zero-order chi connectivity index (χ0) is 14.0. The molecule has 0 bridgehead atoms. The number of halogens is 2. The molecule has 0 radical (unpaired) electrons. The van der Waals surface area contributed by atoms with Crippen LogP contribution in [0.4, 0.5) is 15.8 Å². The van der Waals surface area contributed by atoms with Crippen molar-refractivity contribution >= 4 is 28.9 Å². The molecule has 3 nitrogen and oxygen atoms in total. The van der Waals surface area contributed by atoms with Crippen molar-refractivity contribution < 1.29 is 9.18 Å². The summed E-state index contributed by atoms with van der Waals surface area (Å²) in [4.78, 5) is 12.0. The van der Waals surface area contributed by atoms with E-state index in [0.29, 0.717) is 10.7 Å². The topological polar surface area (TPSA) is 55.1 Å². The first kappa shape index (κ1) is 13.4. The van der Waals surface area contributed by atoms with Crippen LogP contribution in [0.3, 0.4) is 0 Å². The molecule has 0 aliphatic carbocycles. The summed E-state index contributed by atoms with van der Waals surface area (Å²) in [6, 6.07) is 8.80. The number of rotatable bonds is 2. The molecule has 0 aromatic heterocycles. The first-order valence-electron chi connectivity index (χ1n) is 5.60. The average Bonchev–Trinajstić information content (AvgIpc) is 2.36. The van der Waals surface area contributed by atoms with Gasteiger partial charge in [-0.15, -0.1) is 0 Å². The molecule has 0 aliphatic rings. The van der Waals surface area contributed by atoms with Gasteiger partial charge in [0.2, 0.25) is 0 Å². The Labute approximate surface area is 115 Å². The van der Waals surface area contributed by atoms with Crippen LogP contribution in [0.25, 0.3) is 0 Å². The zero-order valence-corrected chi connectivity index (χ0v) is 11.0. The second-order valence-corrected chi connectivity index (χ2v) is 4.58. The van der Waals surface area contributed by atoms with Crippen molar-refractivity contribution in [2.45, 2.75) is 6.92 Å². The molecule has 0 fully saturated rings.